The Balaban J connectivity index is 0.000000146. The highest BCUT2D eigenvalue weighted by molar-refractivity contribution is 7.94. The second kappa shape index (κ2) is 49.6. The number of sulfonamides is 1. The Kier molecular flexibility index (Phi) is 35.6. The number of para-hydroxylation sites is 2. The van der Waals surface area contributed by atoms with Crippen LogP contribution in [0.25, 0.3) is 46.5 Å². The molecule has 0 aliphatic heterocycles. The van der Waals surface area contributed by atoms with Crippen molar-refractivity contribution >= 4 is 267 Å². The first-order valence-electron chi connectivity index (χ1n) is 42.1. The van der Waals surface area contributed by atoms with Gasteiger partial charge in [0, 0.05) is 61.9 Å². The highest BCUT2D eigenvalue weighted by Crippen LogP contribution is 2.37. The van der Waals surface area contributed by atoms with Crippen LogP contribution in [0, 0.1) is 12.3 Å². The van der Waals surface area contributed by atoms with E-state index in [9.17, 15) is 84.3 Å². The van der Waals surface area contributed by atoms with Crippen molar-refractivity contribution < 1.29 is 108 Å². The van der Waals surface area contributed by atoms with Crippen LogP contribution in [0.3, 0.4) is 0 Å². The fourth-order valence-electron chi connectivity index (χ4n) is 12.2. The largest absolute Gasteiger partial charge is 0.447 e. The van der Waals surface area contributed by atoms with E-state index in [1.165, 1.54) is 99.6 Å². The van der Waals surface area contributed by atoms with Crippen molar-refractivity contribution in [2.24, 2.45) is 0 Å². The van der Waals surface area contributed by atoms with Crippen LogP contribution < -0.4 is 52.6 Å². The molecule has 0 aliphatic carbocycles. The molecular weight excluding hydrogens is 2100 g/mol. The maximum absolute atomic E-state index is 14.0. The average Bonchev–Trinajstić information content (AvgIpc) is 1.64. The highest BCUT2D eigenvalue weighted by Gasteiger charge is 2.40. The lowest BCUT2D eigenvalue weighted by Crippen LogP contribution is -2.36. The van der Waals surface area contributed by atoms with Crippen molar-refractivity contribution in [2.45, 2.75) is 56.5 Å². The molecule has 14 aromatic heterocycles. The number of alkyl carbamates (subject to hydrolysis) is 5. The number of anilines is 5. The molecule has 14 amide bonds. The Morgan fingerprint density at radius 2 is 0.830 bits per heavy atom. The van der Waals surface area contributed by atoms with Crippen LogP contribution in [0.4, 0.5) is 57.8 Å². The van der Waals surface area contributed by atoms with Gasteiger partial charge in [0.05, 0.1) is 87.2 Å². The number of hydrogen-bond donors (Lipinski definition) is 10. The van der Waals surface area contributed by atoms with Gasteiger partial charge in [0.2, 0.25) is 4.34 Å². The molecule has 0 aliphatic rings. The van der Waals surface area contributed by atoms with E-state index in [0.29, 0.717) is 49.7 Å². The molecule has 41 nitrogen and oxygen atoms in total. The van der Waals surface area contributed by atoms with Crippen molar-refractivity contribution in [1.29, 1.82) is 0 Å². The van der Waals surface area contributed by atoms with Crippen molar-refractivity contribution in [3.05, 3.63) is 318 Å². The first-order chi connectivity index (χ1) is 70.8. The quantitative estimate of drug-likeness (QED) is 0.0188. The molecule has 14 heterocycles. The molecule has 0 radical (unpaired) electrons. The van der Waals surface area contributed by atoms with Crippen molar-refractivity contribution in [3.63, 3.8) is 0 Å². The van der Waals surface area contributed by atoms with E-state index in [1.807, 2.05) is 53.1 Å². The van der Waals surface area contributed by atoms with Gasteiger partial charge >= 0.3 is 30.5 Å². The zero-order chi connectivity index (χ0) is 104. The molecule has 0 saturated carbocycles. The summed E-state index contributed by atoms with van der Waals surface area (Å²) in [5.74, 6) is -6.90. The summed E-state index contributed by atoms with van der Waals surface area (Å²) in [5.41, 5.74) is 5.40. The van der Waals surface area contributed by atoms with Gasteiger partial charge in [-0.1, -0.05) is 96.9 Å². The number of nitrogens with one attached hydrogen (secondary N) is 10. The first kappa shape index (κ1) is 106. The Bertz CT molecular complexity index is 7840. The number of rotatable bonds is 25. The van der Waals surface area contributed by atoms with Crippen LogP contribution >= 0.6 is 102 Å². The molecule has 10 N–H and O–H groups in total. The minimum Gasteiger partial charge on any atom is -0.447 e. The predicted molar refractivity (Wildman–Crippen MR) is 548 cm³/mol. The van der Waals surface area contributed by atoms with E-state index in [1.54, 1.807) is 152 Å². The number of benzene rings is 4. The van der Waals surface area contributed by atoms with E-state index >= 15 is 0 Å². The number of imide groups is 5. The molecule has 18 rings (SSSR count). The van der Waals surface area contributed by atoms with Crippen molar-refractivity contribution in [2.75, 3.05) is 32.6 Å². The van der Waals surface area contributed by atoms with Gasteiger partial charge in [-0.25, -0.2) is 62.2 Å². The number of amides is 14. The van der Waals surface area contributed by atoms with Gasteiger partial charge in [-0.05, 0) is 125 Å². The Morgan fingerprint density at radius 3 is 1.33 bits per heavy atom. The number of alkyl halides is 2. The van der Waals surface area contributed by atoms with Gasteiger partial charge in [0.15, 0.2) is 33.4 Å². The van der Waals surface area contributed by atoms with Gasteiger partial charge < -0.3 is 45.0 Å². The number of terminal acetylenes is 1. The number of thiophene rings is 5. The summed E-state index contributed by atoms with van der Waals surface area (Å²) in [6.07, 6.45) is 11.7. The topological polar surface area (TPSA) is 560 Å². The molecule has 18 aromatic rings. The van der Waals surface area contributed by atoms with Gasteiger partial charge in [-0.15, -0.1) is 108 Å². The van der Waals surface area contributed by atoms with Crippen LogP contribution in [0.1, 0.15) is 135 Å². The van der Waals surface area contributed by atoms with E-state index in [4.69, 9.17) is 25.4 Å². The number of aromatic nitrogens is 10. The predicted octanol–water partition coefficient (Wildman–Crippen LogP) is 18.4. The summed E-state index contributed by atoms with van der Waals surface area (Å²) in [6, 6.07) is 46.9. The Labute approximate surface area is 863 Å². The average molecular weight is 2170 g/mol. The molecule has 0 bridgehead atoms. The molecule has 1 atom stereocenters. The highest BCUT2D eigenvalue weighted by atomic mass is 32.2. The van der Waals surface area contributed by atoms with Gasteiger partial charge in [-0.3, -0.25) is 89.4 Å². The van der Waals surface area contributed by atoms with Gasteiger partial charge in [-0.2, -0.15) is 13.5 Å². The number of carbonyl (C=O) groups excluding carboxylic acids is 14. The number of ether oxygens (including phenoxy) is 5. The van der Waals surface area contributed by atoms with Gasteiger partial charge in [0.1, 0.15) is 43.7 Å². The number of nitrogens with zero attached hydrogens (tertiary/aromatic N) is 10. The number of hydrogen-bond acceptors (Lipinski definition) is 39. The molecular formula is C94H70F2N20O21S10. The number of thiazole rings is 4. The third kappa shape index (κ3) is 29.1. The summed E-state index contributed by atoms with van der Waals surface area (Å²) >= 11 is 10.2. The van der Waals surface area contributed by atoms with Crippen molar-refractivity contribution in [3.8, 4) is 12.3 Å². The lowest BCUT2D eigenvalue weighted by molar-refractivity contribution is -0.0989. The number of pyridine rings is 3. The number of carbonyl (C=O) groups is 14. The van der Waals surface area contributed by atoms with E-state index < -0.39 is 112 Å². The number of halogens is 2. The zero-order valence-corrected chi connectivity index (χ0v) is 83.7. The lowest BCUT2D eigenvalue weighted by atomic mass is 10.0. The normalized spacial score (nSPS) is 11.0. The van der Waals surface area contributed by atoms with E-state index in [0.717, 1.165) is 109 Å². The molecule has 0 spiro atoms. The van der Waals surface area contributed by atoms with Crippen LogP contribution in [0.5, 0.6) is 0 Å². The van der Waals surface area contributed by atoms with Crippen LogP contribution in [-0.2, 0) is 46.9 Å². The molecule has 1 unspecified atom stereocenters. The minimum absolute atomic E-state index is 0.0189. The fraction of sp³-hybridized carbons (Fsp3) is 0.0957. The maximum atomic E-state index is 14.0. The Hall–Kier alpha value is -17.2. The standard InChI is InChI=1S/C22H16F2N4O4S2.C20H15N5O4S.C19H13N5O4S2.C17H11N3O4S2.C16H15N3O5S3/c1-22(23,24)16(12-5-3-2-4-6-12)32-21(31)28-17(29)13-8-10-33-19(13)27-18(30)20-26-14-7-9-25-11-15(14)34-20;26-17(14-10-21-16-6-8-22-25(16)11-14)23-19-15(7-9-30-19)18(27)24-20(28)29-12-13-4-2-1-3-5-13;25-15(24-19(27)28-10-11-2-1-5-20-8-11)12-4-7-29-17(12)23-16(26)18-22-13-9-21-6-3-14(13)30-18;1-2-8-24-17(23)20-13(21)10-7-9-25-15(10)19-14(22)16-18-11-5-3-4-6-12(11)26-16;1-9(2)24-15(21)18-13(20)10-7-8-25-14(10)19-27(22,23)16-17-11-5-3-4-6-12(11)26-16/h2-11,16H,1H3,(H,27,30)(H,28,29,31);1-11H,12H2,(H,23,26)(H,24,27,28);1-9H,10H2,(H,23,26)(H,24,25,27);1,3-7,9H,8H2,(H,19,22)(H,20,21,23);3-9,19H,1-2H3,(H,18,20,21). The second-order valence-electron chi connectivity index (χ2n) is 29.5. The molecule has 0 saturated heterocycles. The van der Waals surface area contributed by atoms with E-state index in [2.05, 4.69) is 97.6 Å². The lowest BCUT2D eigenvalue weighted by Gasteiger charge is -2.24. The summed E-state index contributed by atoms with van der Waals surface area (Å²) in [4.78, 5) is 204. The third-order valence-electron chi connectivity index (χ3n) is 18.8. The monoisotopic (exact) mass is 2170 g/mol. The summed E-state index contributed by atoms with van der Waals surface area (Å²) in [5, 5.41) is 34.7. The molecule has 53 heteroatoms. The number of fused-ring (bicyclic) bond motifs is 5. The fourth-order valence-corrected chi connectivity index (χ4v) is 21.2. The van der Waals surface area contributed by atoms with Crippen LogP contribution in [0.15, 0.2) is 257 Å². The van der Waals surface area contributed by atoms with Gasteiger partial charge in [0.25, 0.3) is 69.1 Å². The zero-order valence-electron chi connectivity index (χ0n) is 75.5. The molecule has 147 heavy (non-hydrogen) atoms. The molecule has 4 aromatic carbocycles. The minimum atomic E-state index is -3.98. The molecule has 0 fully saturated rings. The van der Waals surface area contributed by atoms with Crippen molar-refractivity contribution in [1.82, 2.24) is 76.1 Å². The Morgan fingerprint density at radius 1 is 0.408 bits per heavy atom. The summed E-state index contributed by atoms with van der Waals surface area (Å²) < 4.78 is 84.6. The summed E-state index contributed by atoms with van der Waals surface area (Å²) in [7, 11) is -3.98. The summed E-state index contributed by atoms with van der Waals surface area (Å²) in [6.45, 7) is 3.68. The molecule has 746 valence electrons. The van der Waals surface area contributed by atoms with Crippen LogP contribution in [0.2, 0.25) is 0 Å². The third-order valence-corrected chi connectivity index (χ3v) is 28.9. The maximum Gasteiger partial charge on any atom is 0.415 e. The SMILES string of the molecule is C#CCOC(=O)NC(=O)c1ccsc1NC(=O)c1nc2ccccc2s1.CC(C)OC(=O)NC(=O)c1ccsc1NS(=O)(=O)c1nc2ccccc2s1.CC(F)(F)C(OC(=O)NC(=O)c1ccsc1NC(=O)c1nc2ccncc2s1)c1ccccc1.O=C(NC(=O)c1ccsc1NC(=O)c1cnc2ccnn2c1)OCc1ccccc1.O=C(NC(=O)c1ccsc1NC(=O)c1nc2cnccc2s1)OCc1cccnc1. The smallest absolute Gasteiger partial charge is 0.415 e. The van der Waals surface area contributed by atoms with Crippen LogP contribution in [-0.4, -0.2) is 160 Å². The first-order valence-corrected chi connectivity index (χ1v) is 51.3. The second-order valence-corrected chi connectivity index (χ2v) is 40.1. The van der Waals surface area contributed by atoms with E-state index in [-0.39, 0.29) is 88.1 Å².